The molecule has 1 aromatic carbocycles. The van der Waals surface area contributed by atoms with Crippen LogP contribution in [0.1, 0.15) is 30.8 Å². The van der Waals surface area contributed by atoms with E-state index < -0.39 is 0 Å². The number of benzene rings is 1. The van der Waals surface area contributed by atoms with E-state index in [0.717, 1.165) is 29.3 Å². The summed E-state index contributed by atoms with van der Waals surface area (Å²) in [6.07, 6.45) is 1.05. The normalized spacial score (nSPS) is 10.8. The second-order valence-corrected chi connectivity index (χ2v) is 6.30. The topological polar surface area (TPSA) is 63.2 Å². The predicted molar refractivity (Wildman–Crippen MR) is 94.2 cm³/mol. The third-order valence-corrected chi connectivity index (χ3v) is 3.99. The van der Waals surface area contributed by atoms with Gasteiger partial charge in [0.05, 0.1) is 6.10 Å². The smallest absolute Gasteiger partial charge is 0.270 e. The quantitative estimate of drug-likeness (QED) is 0.729. The van der Waals surface area contributed by atoms with E-state index >= 15 is 0 Å². The van der Waals surface area contributed by atoms with Crippen molar-refractivity contribution in [2.75, 3.05) is 20.1 Å². The maximum atomic E-state index is 12.0. The molecule has 0 aliphatic heterocycles. The Morgan fingerprint density at radius 2 is 2.00 bits per heavy atom. The van der Waals surface area contributed by atoms with Crippen LogP contribution >= 0.6 is 11.3 Å². The number of amides is 1. The van der Waals surface area contributed by atoms with Gasteiger partial charge in [0.15, 0.2) is 0 Å². The molecule has 0 fully saturated rings. The number of thiazole rings is 1. The number of rotatable bonds is 8. The van der Waals surface area contributed by atoms with Gasteiger partial charge in [-0.25, -0.2) is 4.98 Å². The molecule has 124 valence electrons. The number of nitrogens with one attached hydrogen (secondary N) is 2. The van der Waals surface area contributed by atoms with Gasteiger partial charge in [-0.2, -0.15) is 0 Å². The minimum Gasteiger partial charge on any atom is -0.491 e. The molecule has 1 heterocycles. The summed E-state index contributed by atoms with van der Waals surface area (Å²) in [4.78, 5) is 16.4. The molecule has 0 spiro atoms. The summed E-state index contributed by atoms with van der Waals surface area (Å²) in [7, 11) is 1.89. The van der Waals surface area contributed by atoms with Crippen LogP contribution in [0.3, 0.4) is 0 Å². The van der Waals surface area contributed by atoms with Gasteiger partial charge in [0.2, 0.25) is 0 Å². The van der Waals surface area contributed by atoms with Crippen molar-refractivity contribution >= 4 is 17.2 Å². The lowest BCUT2D eigenvalue weighted by Gasteiger charge is -2.09. The Hall–Kier alpha value is -1.92. The van der Waals surface area contributed by atoms with Gasteiger partial charge in [-0.1, -0.05) is 0 Å². The molecule has 2 aromatic rings. The van der Waals surface area contributed by atoms with Crippen molar-refractivity contribution in [2.45, 2.75) is 26.4 Å². The summed E-state index contributed by atoms with van der Waals surface area (Å²) in [5.74, 6) is 0.714. The maximum absolute atomic E-state index is 12.0. The lowest BCUT2D eigenvalue weighted by Crippen LogP contribution is -2.26. The summed E-state index contributed by atoms with van der Waals surface area (Å²) in [6.45, 7) is 5.52. The van der Waals surface area contributed by atoms with E-state index in [1.807, 2.05) is 45.2 Å². The monoisotopic (exact) mass is 333 g/mol. The van der Waals surface area contributed by atoms with Crippen LogP contribution in [0.15, 0.2) is 29.6 Å². The minimum atomic E-state index is -0.122. The van der Waals surface area contributed by atoms with Crippen LogP contribution in [-0.2, 0) is 0 Å². The molecule has 0 saturated carbocycles. The second-order valence-electron chi connectivity index (χ2n) is 5.44. The molecule has 0 bridgehead atoms. The fourth-order valence-corrected chi connectivity index (χ4v) is 2.82. The zero-order valence-electron chi connectivity index (χ0n) is 13.8. The third kappa shape index (κ3) is 5.33. The van der Waals surface area contributed by atoms with Gasteiger partial charge in [0.1, 0.15) is 16.5 Å². The van der Waals surface area contributed by atoms with Gasteiger partial charge in [0.25, 0.3) is 5.91 Å². The van der Waals surface area contributed by atoms with Crippen LogP contribution in [0, 0.1) is 0 Å². The minimum absolute atomic E-state index is 0.122. The first-order chi connectivity index (χ1) is 11.1. The molecule has 1 amide bonds. The Balaban J connectivity index is 1.97. The van der Waals surface area contributed by atoms with Crippen molar-refractivity contribution in [3.05, 3.63) is 35.3 Å². The Labute approximate surface area is 141 Å². The van der Waals surface area contributed by atoms with Gasteiger partial charge >= 0.3 is 0 Å². The SMILES string of the molecule is CNCCCNC(=O)c1csc(-c2ccc(OC(C)C)cc2)n1. The van der Waals surface area contributed by atoms with Crippen LogP contribution in [-0.4, -0.2) is 37.1 Å². The Morgan fingerprint density at radius 1 is 1.26 bits per heavy atom. The zero-order valence-corrected chi connectivity index (χ0v) is 14.6. The van der Waals surface area contributed by atoms with Gasteiger partial charge in [-0.3, -0.25) is 4.79 Å². The highest BCUT2D eigenvalue weighted by Crippen LogP contribution is 2.26. The van der Waals surface area contributed by atoms with Gasteiger partial charge in [0, 0.05) is 17.5 Å². The first-order valence-electron chi connectivity index (χ1n) is 7.75. The molecule has 2 rings (SSSR count). The van der Waals surface area contributed by atoms with E-state index in [4.69, 9.17) is 4.74 Å². The molecule has 0 unspecified atom stereocenters. The molecule has 23 heavy (non-hydrogen) atoms. The van der Waals surface area contributed by atoms with Crippen molar-refractivity contribution < 1.29 is 9.53 Å². The molecule has 2 N–H and O–H groups in total. The van der Waals surface area contributed by atoms with Crippen molar-refractivity contribution in [3.63, 3.8) is 0 Å². The number of carbonyl (C=O) groups is 1. The summed E-state index contributed by atoms with van der Waals surface area (Å²) in [6, 6.07) is 7.78. The van der Waals surface area contributed by atoms with Gasteiger partial charge < -0.3 is 15.4 Å². The van der Waals surface area contributed by atoms with Crippen molar-refractivity contribution in [1.29, 1.82) is 0 Å². The predicted octanol–water partition coefficient (Wildman–Crippen LogP) is 2.94. The van der Waals surface area contributed by atoms with E-state index in [1.165, 1.54) is 11.3 Å². The summed E-state index contributed by atoms with van der Waals surface area (Å²) in [5.41, 5.74) is 1.46. The van der Waals surface area contributed by atoms with Crippen LogP contribution in [0.2, 0.25) is 0 Å². The van der Waals surface area contributed by atoms with E-state index in [9.17, 15) is 4.79 Å². The highest BCUT2D eigenvalue weighted by atomic mass is 32.1. The van der Waals surface area contributed by atoms with E-state index in [1.54, 1.807) is 5.38 Å². The van der Waals surface area contributed by atoms with Crippen LogP contribution < -0.4 is 15.4 Å². The third-order valence-electron chi connectivity index (χ3n) is 3.10. The molecule has 6 heteroatoms. The van der Waals surface area contributed by atoms with Gasteiger partial charge in [-0.05, 0) is 58.1 Å². The van der Waals surface area contributed by atoms with Crippen molar-refractivity contribution in [3.8, 4) is 16.3 Å². The average Bonchev–Trinajstić information content (AvgIpc) is 3.01. The number of hydrogen-bond donors (Lipinski definition) is 2. The first kappa shape index (κ1) is 17.4. The molecular weight excluding hydrogens is 310 g/mol. The molecule has 0 atom stereocenters. The number of aromatic nitrogens is 1. The largest absolute Gasteiger partial charge is 0.491 e. The molecule has 0 radical (unpaired) electrons. The summed E-state index contributed by atoms with van der Waals surface area (Å²) >= 11 is 1.47. The lowest BCUT2D eigenvalue weighted by molar-refractivity contribution is 0.0949. The molecule has 0 saturated heterocycles. The van der Waals surface area contributed by atoms with Crippen LogP contribution in [0.4, 0.5) is 0 Å². The van der Waals surface area contributed by atoms with Crippen LogP contribution in [0.5, 0.6) is 5.75 Å². The first-order valence-corrected chi connectivity index (χ1v) is 8.63. The van der Waals surface area contributed by atoms with E-state index in [0.29, 0.717) is 12.2 Å². The molecule has 1 aromatic heterocycles. The average molecular weight is 333 g/mol. The van der Waals surface area contributed by atoms with E-state index in [2.05, 4.69) is 15.6 Å². The van der Waals surface area contributed by atoms with Crippen molar-refractivity contribution in [2.24, 2.45) is 0 Å². The zero-order chi connectivity index (χ0) is 16.7. The standard InChI is InChI=1S/C17H23N3O2S/c1-12(2)22-14-7-5-13(6-8-14)17-20-15(11-23-17)16(21)19-10-4-9-18-3/h5-8,11-12,18H,4,9-10H2,1-3H3,(H,19,21). The number of carbonyl (C=O) groups excluding carboxylic acids is 1. The number of ether oxygens (including phenoxy) is 1. The van der Waals surface area contributed by atoms with Gasteiger partial charge in [-0.15, -0.1) is 11.3 Å². The van der Waals surface area contributed by atoms with Crippen LogP contribution in [0.25, 0.3) is 10.6 Å². The Kier molecular flexibility index (Phi) is 6.55. The summed E-state index contributed by atoms with van der Waals surface area (Å²) in [5, 5.41) is 8.55. The molecular formula is C17H23N3O2S. The summed E-state index contributed by atoms with van der Waals surface area (Å²) < 4.78 is 5.63. The maximum Gasteiger partial charge on any atom is 0.270 e. The molecule has 0 aliphatic carbocycles. The molecule has 0 aliphatic rings. The van der Waals surface area contributed by atoms with E-state index in [-0.39, 0.29) is 12.0 Å². The highest BCUT2D eigenvalue weighted by molar-refractivity contribution is 7.13. The number of nitrogens with zero attached hydrogens (tertiary/aromatic N) is 1. The second kappa shape index (κ2) is 8.64. The highest BCUT2D eigenvalue weighted by Gasteiger charge is 2.11. The Morgan fingerprint density at radius 3 is 2.65 bits per heavy atom. The molecule has 5 nitrogen and oxygen atoms in total. The lowest BCUT2D eigenvalue weighted by atomic mass is 10.2. The Bertz CT molecular complexity index is 623. The fourth-order valence-electron chi connectivity index (χ4n) is 2.02. The fraction of sp³-hybridized carbons (Fsp3) is 0.412. The number of hydrogen-bond acceptors (Lipinski definition) is 5. The van der Waals surface area contributed by atoms with Crippen molar-refractivity contribution in [1.82, 2.24) is 15.6 Å².